The number of carbonyl (C=O) groups excluding carboxylic acids is 2. The number of nitrogens with zero attached hydrogens (tertiary/aromatic N) is 1. The SMILES string of the molecule is CC(CO)N(C)C(=O)N[C@@H](CCC(N)=O)C(=O)O. The fourth-order valence-corrected chi connectivity index (χ4v) is 1.12. The van der Waals surface area contributed by atoms with E-state index in [0.29, 0.717) is 0 Å². The topological polar surface area (TPSA) is 133 Å². The molecule has 8 heteroatoms. The van der Waals surface area contributed by atoms with E-state index in [1.165, 1.54) is 11.9 Å². The van der Waals surface area contributed by atoms with E-state index in [9.17, 15) is 14.4 Å². The normalized spacial score (nSPS) is 13.5. The number of carboxylic acids is 1. The maximum Gasteiger partial charge on any atom is 0.326 e. The number of aliphatic carboxylic acids is 1. The Morgan fingerprint density at radius 2 is 1.94 bits per heavy atom. The standard InChI is InChI=1S/C10H19N3O5/c1-6(5-14)13(2)10(18)12-7(9(16)17)3-4-8(11)15/h6-7,14H,3-5H2,1-2H3,(H2,11,15)(H,12,18)(H,16,17)/t6?,7-/m0/s1. The number of nitrogens with one attached hydrogen (secondary N) is 1. The van der Waals surface area contributed by atoms with E-state index in [-0.39, 0.29) is 19.4 Å². The minimum absolute atomic E-state index is 0.0717. The van der Waals surface area contributed by atoms with Crippen molar-refractivity contribution in [2.24, 2.45) is 5.73 Å². The molecule has 2 atom stereocenters. The largest absolute Gasteiger partial charge is 0.480 e. The van der Waals surface area contributed by atoms with Gasteiger partial charge in [0.2, 0.25) is 5.91 Å². The average Bonchev–Trinajstić information content (AvgIpc) is 2.31. The molecule has 0 aliphatic rings. The molecule has 0 heterocycles. The van der Waals surface area contributed by atoms with Crippen molar-refractivity contribution in [1.82, 2.24) is 10.2 Å². The van der Waals surface area contributed by atoms with Gasteiger partial charge in [-0.2, -0.15) is 0 Å². The van der Waals surface area contributed by atoms with Crippen LogP contribution in [0.5, 0.6) is 0 Å². The van der Waals surface area contributed by atoms with Crippen molar-refractivity contribution in [1.29, 1.82) is 0 Å². The van der Waals surface area contributed by atoms with Gasteiger partial charge in [-0.3, -0.25) is 4.79 Å². The van der Waals surface area contributed by atoms with Crippen LogP contribution in [0.4, 0.5) is 4.79 Å². The Morgan fingerprint density at radius 3 is 2.33 bits per heavy atom. The molecule has 0 aliphatic carbocycles. The van der Waals surface area contributed by atoms with Crippen molar-refractivity contribution in [3.63, 3.8) is 0 Å². The van der Waals surface area contributed by atoms with E-state index < -0.39 is 30.0 Å². The van der Waals surface area contributed by atoms with Gasteiger partial charge in [0.05, 0.1) is 12.6 Å². The third kappa shape index (κ3) is 5.48. The van der Waals surface area contributed by atoms with Crippen LogP contribution in [0.3, 0.4) is 0 Å². The zero-order chi connectivity index (χ0) is 14.3. The molecule has 3 amide bonds. The van der Waals surface area contributed by atoms with Crippen molar-refractivity contribution in [3.05, 3.63) is 0 Å². The van der Waals surface area contributed by atoms with Crippen LogP contribution in [0.15, 0.2) is 0 Å². The molecule has 0 aromatic heterocycles. The molecule has 8 nitrogen and oxygen atoms in total. The Kier molecular flexibility index (Phi) is 6.73. The maximum atomic E-state index is 11.6. The van der Waals surface area contributed by atoms with Crippen LogP contribution < -0.4 is 11.1 Å². The summed E-state index contributed by atoms with van der Waals surface area (Å²) in [6, 6.07) is -2.25. The van der Waals surface area contributed by atoms with E-state index >= 15 is 0 Å². The number of hydrogen-bond donors (Lipinski definition) is 4. The number of aliphatic hydroxyl groups excluding tert-OH is 1. The Balaban J connectivity index is 4.45. The summed E-state index contributed by atoms with van der Waals surface area (Å²) in [7, 11) is 1.43. The van der Waals surface area contributed by atoms with Gasteiger partial charge >= 0.3 is 12.0 Å². The van der Waals surface area contributed by atoms with Crippen LogP contribution >= 0.6 is 0 Å². The van der Waals surface area contributed by atoms with Crippen LogP contribution in [0.25, 0.3) is 0 Å². The van der Waals surface area contributed by atoms with Gasteiger partial charge in [-0.05, 0) is 13.3 Å². The molecule has 1 unspecified atom stereocenters. The van der Waals surface area contributed by atoms with Crippen LogP contribution in [0.2, 0.25) is 0 Å². The summed E-state index contributed by atoms with van der Waals surface area (Å²) in [5.41, 5.74) is 4.91. The third-order valence-electron chi connectivity index (χ3n) is 2.52. The van der Waals surface area contributed by atoms with Crippen LogP contribution in [-0.2, 0) is 9.59 Å². The van der Waals surface area contributed by atoms with E-state index in [2.05, 4.69) is 5.32 Å². The summed E-state index contributed by atoms with van der Waals surface area (Å²) >= 11 is 0. The summed E-state index contributed by atoms with van der Waals surface area (Å²) in [4.78, 5) is 34.3. The van der Waals surface area contributed by atoms with Crippen molar-refractivity contribution in [2.45, 2.75) is 31.8 Å². The Bertz CT molecular complexity index is 321. The fraction of sp³-hybridized carbons (Fsp3) is 0.700. The number of carbonyl (C=O) groups is 3. The lowest BCUT2D eigenvalue weighted by Gasteiger charge is -2.25. The summed E-state index contributed by atoms with van der Waals surface area (Å²) in [5.74, 6) is -1.87. The van der Waals surface area contributed by atoms with Crippen molar-refractivity contribution in [3.8, 4) is 0 Å². The predicted octanol–water partition coefficient (Wildman–Crippen LogP) is -1.27. The first-order chi connectivity index (χ1) is 8.29. The van der Waals surface area contributed by atoms with Gasteiger partial charge in [-0.1, -0.05) is 0 Å². The molecule has 104 valence electrons. The lowest BCUT2D eigenvalue weighted by molar-refractivity contribution is -0.139. The first-order valence-corrected chi connectivity index (χ1v) is 5.44. The molecule has 0 saturated heterocycles. The van der Waals surface area contributed by atoms with Crippen LogP contribution in [0, 0.1) is 0 Å². The van der Waals surface area contributed by atoms with Gasteiger partial charge in [0.25, 0.3) is 0 Å². The third-order valence-corrected chi connectivity index (χ3v) is 2.52. The molecular weight excluding hydrogens is 242 g/mol. The summed E-state index contributed by atoms with van der Waals surface area (Å²) in [5, 5.41) is 20.0. The average molecular weight is 261 g/mol. The molecule has 0 fully saturated rings. The number of nitrogens with two attached hydrogens (primary N) is 1. The molecule has 0 bridgehead atoms. The van der Waals surface area contributed by atoms with E-state index in [1.807, 2.05) is 0 Å². The van der Waals surface area contributed by atoms with Gasteiger partial charge < -0.3 is 26.2 Å². The molecule has 0 aliphatic heterocycles. The van der Waals surface area contributed by atoms with E-state index in [1.54, 1.807) is 6.92 Å². The summed E-state index contributed by atoms with van der Waals surface area (Å²) < 4.78 is 0. The lowest BCUT2D eigenvalue weighted by Crippen LogP contribution is -2.50. The second kappa shape index (κ2) is 7.49. The highest BCUT2D eigenvalue weighted by molar-refractivity contribution is 5.83. The maximum absolute atomic E-state index is 11.6. The number of amides is 3. The number of carboxylic acid groups (broad SMARTS) is 1. The number of hydrogen-bond acceptors (Lipinski definition) is 4. The lowest BCUT2D eigenvalue weighted by atomic mass is 10.1. The number of urea groups is 1. The first kappa shape index (κ1) is 16.2. The highest BCUT2D eigenvalue weighted by atomic mass is 16.4. The van der Waals surface area contributed by atoms with Gasteiger partial charge in [0, 0.05) is 13.5 Å². The molecule has 0 saturated carbocycles. The number of aliphatic hydroxyl groups is 1. The molecule has 0 aromatic rings. The van der Waals surface area contributed by atoms with Gasteiger partial charge in [0.1, 0.15) is 6.04 Å². The van der Waals surface area contributed by atoms with Crippen molar-refractivity contribution >= 4 is 17.9 Å². The zero-order valence-corrected chi connectivity index (χ0v) is 10.4. The van der Waals surface area contributed by atoms with Crippen LogP contribution in [-0.4, -0.2) is 58.8 Å². The molecular formula is C10H19N3O5. The number of likely N-dealkylation sites (N-methyl/N-ethyl adjacent to an activating group) is 1. The monoisotopic (exact) mass is 261 g/mol. The minimum atomic E-state index is -1.24. The molecule has 5 N–H and O–H groups in total. The zero-order valence-electron chi connectivity index (χ0n) is 10.4. The number of primary amides is 1. The minimum Gasteiger partial charge on any atom is -0.480 e. The second-order valence-corrected chi connectivity index (χ2v) is 3.99. The predicted molar refractivity (Wildman–Crippen MR) is 62.7 cm³/mol. The Morgan fingerprint density at radius 1 is 1.39 bits per heavy atom. The smallest absolute Gasteiger partial charge is 0.326 e. The summed E-state index contributed by atoms with van der Waals surface area (Å²) in [6.45, 7) is 1.38. The summed E-state index contributed by atoms with van der Waals surface area (Å²) in [6.07, 6.45) is -0.200. The molecule has 18 heavy (non-hydrogen) atoms. The fourth-order valence-electron chi connectivity index (χ4n) is 1.12. The van der Waals surface area contributed by atoms with Gasteiger partial charge in [-0.25, -0.2) is 9.59 Å². The van der Waals surface area contributed by atoms with Gasteiger partial charge in [0.15, 0.2) is 0 Å². The highest BCUT2D eigenvalue weighted by Crippen LogP contribution is 2.01. The Labute approximate surface area is 105 Å². The van der Waals surface area contributed by atoms with Crippen LogP contribution in [0.1, 0.15) is 19.8 Å². The second-order valence-electron chi connectivity index (χ2n) is 3.99. The van der Waals surface area contributed by atoms with Crippen molar-refractivity contribution in [2.75, 3.05) is 13.7 Å². The molecule has 0 spiro atoms. The highest BCUT2D eigenvalue weighted by Gasteiger charge is 2.23. The van der Waals surface area contributed by atoms with E-state index in [0.717, 1.165) is 0 Å². The van der Waals surface area contributed by atoms with Crippen molar-refractivity contribution < 1.29 is 24.6 Å². The van der Waals surface area contributed by atoms with E-state index in [4.69, 9.17) is 15.9 Å². The van der Waals surface area contributed by atoms with Gasteiger partial charge in [-0.15, -0.1) is 0 Å². The number of rotatable bonds is 7. The molecule has 0 rings (SSSR count). The molecule has 0 aromatic carbocycles. The first-order valence-electron chi connectivity index (χ1n) is 5.44. The quantitative estimate of drug-likeness (QED) is 0.453. The molecule has 0 radical (unpaired) electrons. The Hall–Kier alpha value is -1.83.